The van der Waals surface area contributed by atoms with Gasteiger partial charge in [0.2, 0.25) is 5.91 Å². The summed E-state index contributed by atoms with van der Waals surface area (Å²) in [6, 6.07) is 0.139. The third-order valence-corrected chi connectivity index (χ3v) is 3.66. The lowest BCUT2D eigenvalue weighted by Gasteiger charge is -2.15. The molecule has 2 nitrogen and oxygen atoms in total. The molecule has 0 radical (unpaired) electrons. The van der Waals surface area contributed by atoms with Crippen molar-refractivity contribution in [2.45, 2.75) is 57.7 Å². The molecule has 16 heavy (non-hydrogen) atoms. The van der Waals surface area contributed by atoms with Gasteiger partial charge in [0.1, 0.15) is 0 Å². The Bertz CT molecular complexity index is 206. The van der Waals surface area contributed by atoms with Crippen molar-refractivity contribution in [3.63, 3.8) is 0 Å². The summed E-state index contributed by atoms with van der Waals surface area (Å²) in [4.78, 5) is 11.6. The highest BCUT2D eigenvalue weighted by Crippen LogP contribution is 2.15. The van der Waals surface area contributed by atoms with Crippen LogP contribution in [0.2, 0.25) is 0 Å². The molecule has 2 unspecified atom stereocenters. The number of rotatable bonds is 9. The third kappa shape index (κ3) is 7.80. The lowest BCUT2D eigenvalue weighted by atomic mass is 10.2. The molecule has 0 aromatic rings. The first-order chi connectivity index (χ1) is 7.63. The van der Waals surface area contributed by atoms with Gasteiger partial charge in [-0.3, -0.25) is 4.79 Å². The van der Waals surface area contributed by atoms with Crippen LogP contribution in [0.25, 0.3) is 0 Å². The fraction of sp³-hybridized carbons (Fsp3) is 0.769. The number of carbonyl (C=O) groups excluding carboxylic acids is 1. The maximum atomic E-state index is 11.6. The minimum atomic E-state index is 0.131. The summed E-state index contributed by atoms with van der Waals surface area (Å²) in [7, 11) is 0. The molecule has 0 saturated heterocycles. The molecule has 0 aliphatic rings. The molecule has 0 spiro atoms. The maximum absolute atomic E-state index is 11.6. The molecule has 0 heterocycles. The van der Waals surface area contributed by atoms with E-state index in [4.69, 9.17) is 0 Å². The SMILES string of the molecule is C=CC(CCC)NC(=O)CSC(C)CCC. The van der Waals surface area contributed by atoms with Crippen molar-refractivity contribution in [3.05, 3.63) is 12.7 Å². The van der Waals surface area contributed by atoms with Crippen LogP contribution in [0.5, 0.6) is 0 Å². The summed E-state index contributed by atoms with van der Waals surface area (Å²) >= 11 is 1.73. The van der Waals surface area contributed by atoms with Crippen LogP contribution in [0.3, 0.4) is 0 Å². The van der Waals surface area contributed by atoms with E-state index >= 15 is 0 Å². The number of amides is 1. The van der Waals surface area contributed by atoms with E-state index in [1.807, 2.05) is 6.08 Å². The van der Waals surface area contributed by atoms with Crippen LogP contribution in [-0.2, 0) is 4.79 Å². The van der Waals surface area contributed by atoms with Crippen molar-refractivity contribution in [2.75, 3.05) is 5.75 Å². The molecule has 1 N–H and O–H groups in total. The van der Waals surface area contributed by atoms with E-state index in [1.165, 1.54) is 12.8 Å². The first-order valence-corrected chi connectivity index (χ1v) is 7.22. The fourth-order valence-corrected chi connectivity index (χ4v) is 2.44. The monoisotopic (exact) mass is 243 g/mol. The first kappa shape index (κ1) is 15.6. The van der Waals surface area contributed by atoms with E-state index < -0.39 is 0 Å². The zero-order valence-corrected chi connectivity index (χ0v) is 11.6. The third-order valence-electron chi connectivity index (χ3n) is 2.42. The van der Waals surface area contributed by atoms with Crippen LogP contribution in [-0.4, -0.2) is 23.0 Å². The van der Waals surface area contributed by atoms with Crippen molar-refractivity contribution >= 4 is 17.7 Å². The summed E-state index contributed by atoms with van der Waals surface area (Å²) in [5.74, 6) is 0.696. The molecule has 0 aliphatic carbocycles. The van der Waals surface area contributed by atoms with Gasteiger partial charge in [0, 0.05) is 11.3 Å². The Kier molecular flexibility index (Phi) is 9.49. The van der Waals surface area contributed by atoms with Crippen LogP contribution in [0.1, 0.15) is 46.5 Å². The van der Waals surface area contributed by atoms with E-state index in [0.29, 0.717) is 11.0 Å². The minimum absolute atomic E-state index is 0.131. The summed E-state index contributed by atoms with van der Waals surface area (Å²) in [5.41, 5.74) is 0. The number of thioether (sulfide) groups is 1. The smallest absolute Gasteiger partial charge is 0.230 e. The Morgan fingerprint density at radius 1 is 1.38 bits per heavy atom. The standard InChI is InChI=1S/C13H25NOS/c1-5-8-11(4)16-10-13(15)14-12(7-3)9-6-2/h7,11-12H,3,5-6,8-10H2,1-2,4H3,(H,14,15). The number of hydrogen-bond acceptors (Lipinski definition) is 2. The summed E-state index contributed by atoms with van der Waals surface area (Å²) in [6.45, 7) is 10.2. The van der Waals surface area contributed by atoms with E-state index in [2.05, 4.69) is 32.7 Å². The van der Waals surface area contributed by atoms with Gasteiger partial charge in [-0.2, -0.15) is 0 Å². The second-order valence-corrected chi connectivity index (χ2v) is 5.54. The lowest BCUT2D eigenvalue weighted by molar-refractivity contribution is -0.119. The van der Waals surface area contributed by atoms with Crippen LogP contribution >= 0.6 is 11.8 Å². The second-order valence-electron chi connectivity index (χ2n) is 4.11. The Labute approximate surface area is 104 Å². The molecule has 0 aliphatic heterocycles. The van der Waals surface area contributed by atoms with E-state index in [0.717, 1.165) is 12.8 Å². The molecule has 0 bridgehead atoms. The zero-order chi connectivity index (χ0) is 12.4. The molecule has 0 aromatic heterocycles. The number of carbonyl (C=O) groups is 1. The van der Waals surface area contributed by atoms with Crippen molar-refractivity contribution in [3.8, 4) is 0 Å². The van der Waals surface area contributed by atoms with Gasteiger partial charge < -0.3 is 5.32 Å². The second kappa shape index (κ2) is 9.76. The lowest BCUT2D eigenvalue weighted by Crippen LogP contribution is -2.34. The highest BCUT2D eigenvalue weighted by atomic mass is 32.2. The largest absolute Gasteiger partial charge is 0.349 e. The van der Waals surface area contributed by atoms with Crippen molar-refractivity contribution in [1.29, 1.82) is 0 Å². The minimum Gasteiger partial charge on any atom is -0.349 e. The quantitative estimate of drug-likeness (QED) is 0.629. The van der Waals surface area contributed by atoms with Crippen LogP contribution in [0.15, 0.2) is 12.7 Å². The van der Waals surface area contributed by atoms with Gasteiger partial charge in [-0.15, -0.1) is 18.3 Å². The highest BCUT2D eigenvalue weighted by molar-refractivity contribution is 8.00. The van der Waals surface area contributed by atoms with Gasteiger partial charge in [0.25, 0.3) is 0 Å². The summed E-state index contributed by atoms with van der Waals surface area (Å²) in [5, 5.41) is 3.56. The number of nitrogens with one attached hydrogen (secondary N) is 1. The van der Waals surface area contributed by atoms with Gasteiger partial charge in [0.15, 0.2) is 0 Å². The predicted molar refractivity (Wildman–Crippen MR) is 73.9 cm³/mol. The molecule has 0 fully saturated rings. The van der Waals surface area contributed by atoms with E-state index in [1.54, 1.807) is 11.8 Å². The average molecular weight is 243 g/mol. The Hall–Kier alpha value is -0.440. The van der Waals surface area contributed by atoms with Crippen molar-refractivity contribution < 1.29 is 4.79 Å². The van der Waals surface area contributed by atoms with Crippen LogP contribution in [0.4, 0.5) is 0 Å². The van der Waals surface area contributed by atoms with Gasteiger partial charge >= 0.3 is 0 Å². The molecular weight excluding hydrogens is 218 g/mol. The molecule has 94 valence electrons. The summed E-state index contributed by atoms with van der Waals surface area (Å²) in [6.07, 6.45) is 6.22. The molecule has 0 aromatic carbocycles. The van der Waals surface area contributed by atoms with Crippen molar-refractivity contribution in [1.82, 2.24) is 5.32 Å². The average Bonchev–Trinajstić information content (AvgIpc) is 2.26. The fourth-order valence-electron chi connectivity index (χ4n) is 1.52. The molecule has 0 saturated carbocycles. The van der Waals surface area contributed by atoms with Gasteiger partial charge in [0.05, 0.1) is 5.75 Å². The molecule has 2 atom stereocenters. The zero-order valence-electron chi connectivity index (χ0n) is 10.8. The Morgan fingerprint density at radius 2 is 2.00 bits per heavy atom. The molecule has 1 amide bonds. The molecular formula is C13H25NOS. The van der Waals surface area contributed by atoms with E-state index in [9.17, 15) is 4.79 Å². The van der Waals surface area contributed by atoms with Gasteiger partial charge in [-0.25, -0.2) is 0 Å². The van der Waals surface area contributed by atoms with Gasteiger partial charge in [-0.05, 0) is 12.8 Å². The number of hydrogen-bond donors (Lipinski definition) is 1. The normalized spacial score (nSPS) is 14.2. The van der Waals surface area contributed by atoms with Crippen LogP contribution in [0, 0.1) is 0 Å². The Morgan fingerprint density at radius 3 is 2.50 bits per heavy atom. The summed E-state index contributed by atoms with van der Waals surface area (Å²) < 4.78 is 0. The van der Waals surface area contributed by atoms with Crippen LogP contribution < -0.4 is 5.32 Å². The predicted octanol–water partition coefficient (Wildman–Crippen LogP) is 3.38. The first-order valence-electron chi connectivity index (χ1n) is 6.17. The Balaban J connectivity index is 3.75. The molecule has 0 rings (SSSR count). The topological polar surface area (TPSA) is 29.1 Å². The highest BCUT2D eigenvalue weighted by Gasteiger charge is 2.09. The van der Waals surface area contributed by atoms with E-state index in [-0.39, 0.29) is 11.9 Å². The van der Waals surface area contributed by atoms with Crippen molar-refractivity contribution in [2.24, 2.45) is 0 Å². The molecule has 3 heteroatoms. The van der Waals surface area contributed by atoms with Gasteiger partial charge in [-0.1, -0.05) is 39.7 Å². The maximum Gasteiger partial charge on any atom is 0.230 e.